The maximum absolute atomic E-state index is 10.7. The second-order valence-corrected chi connectivity index (χ2v) is 2.27. The lowest BCUT2D eigenvalue weighted by atomic mass is 11.7. The van der Waals surface area contributed by atoms with Gasteiger partial charge in [-0.2, -0.15) is 8.78 Å². The van der Waals surface area contributed by atoms with Gasteiger partial charge in [0, 0.05) is 0 Å². The molecule has 0 aromatic carbocycles. The van der Waals surface area contributed by atoms with Crippen LogP contribution in [0.2, 0.25) is 0 Å². The summed E-state index contributed by atoms with van der Waals surface area (Å²) >= 11 is 0. The van der Waals surface area contributed by atoms with Gasteiger partial charge < -0.3 is 0 Å². The highest BCUT2D eigenvalue weighted by Gasteiger charge is 2.06. The van der Waals surface area contributed by atoms with Crippen molar-refractivity contribution in [2.75, 3.05) is 0 Å². The van der Waals surface area contributed by atoms with Gasteiger partial charge in [0.25, 0.3) is 0 Å². The molecule has 0 bridgehead atoms. The van der Waals surface area contributed by atoms with Crippen LogP contribution in [0, 0.1) is 0 Å². The van der Waals surface area contributed by atoms with Crippen LogP contribution < -0.4 is 0 Å². The Balaban J connectivity index is 3.26. The van der Waals surface area contributed by atoms with Gasteiger partial charge in [0.05, 0.1) is 0 Å². The first-order chi connectivity index (χ1) is 2.64. The molecule has 38 valence electrons. The van der Waals surface area contributed by atoms with Crippen LogP contribution in [0.3, 0.4) is 0 Å². The zero-order chi connectivity index (χ0) is 5.15. The van der Waals surface area contributed by atoms with Gasteiger partial charge in [-0.15, -0.1) is 0 Å². The summed E-state index contributed by atoms with van der Waals surface area (Å²) in [4.78, 5) is 0. The summed E-state index contributed by atoms with van der Waals surface area (Å²) in [5.41, 5.74) is 0. The van der Waals surface area contributed by atoms with Crippen LogP contribution in [0.15, 0.2) is 0 Å². The van der Waals surface area contributed by atoms with Crippen LogP contribution in [0.4, 0.5) is 8.78 Å². The quantitative estimate of drug-likeness (QED) is 0.491. The highest BCUT2D eigenvalue weighted by atomic mass is 35.7. The van der Waals surface area contributed by atoms with Gasteiger partial charge in [0.2, 0.25) is 0 Å². The van der Waals surface area contributed by atoms with E-state index in [2.05, 4.69) is 10.7 Å². The molecule has 0 aliphatic carbocycles. The van der Waals surface area contributed by atoms with Crippen molar-refractivity contribution in [3.05, 3.63) is 0 Å². The molecule has 0 saturated heterocycles. The van der Waals surface area contributed by atoms with E-state index < -0.39 is 15.8 Å². The highest BCUT2D eigenvalue weighted by Crippen LogP contribution is 2.01. The minimum atomic E-state index is -2.91. The normalized spacial score (nSPS) is 15.3. The van der Waals surface area contributed by atoms with E-state index in [0.717, 1.165) is 0 Å². The lowest BCUT2D eigenvalue weighted by molar-refractivity contribution is 0.246. The SMILES string of the molecule is O=S(Cl)C(F)F. The Morgan fingerprint density at radius 2 is 1.83 bits per heavy atom. The van der Waals surface area contributed by atoms with E-state index in [0.29, 0.717) is 0 Å². The first-order valence-electron chi connectivity index (χ1n) is 0.993. The maximum atomic E-state index is 10.7. The third kappa shape index (κ3) is 2.53. The van der Waals surface area contributed by atoms with Crippen molar-refractivity contribution < 1.29 is 13.0 Å². The minimum absolute atomic E-state index is 2.48. The van der Waals surface area contributed by atoms with Crippen LogP contribution in [0.25, 0.3) is 0 Å². The van der Waals surface area contributed by atoms with E-state index in [1.54, 1.807) is 0 Å². The zero-order valence-electron chi connectivity index (χ0n) is 2.53. The molecule has 0 saturated carbocycles. The van der Waals surface area contributed by atoms with Crippen molar-refractivity contribution in [2.45, 2.75) is 5.76 Å². The third-order valence-corrected chi connectivity index (χ3v) is 0.824. The average Bonchev–Trinajstić information content (AvgIpc) is 1.36. The van der Waals surface area contributed by atoms with E-state index in [1.165, 1.54) is 0 Å². The molecule has 0 amide bonds. The molecule has 0 fully saturated rings. The largest absolute Gasteiger partial charge is 0.325 e. The van der Waals surface area contributed by atoms with E-state index >= 15 is 0 Å². The first kappa shape index (κ1) is 6.30. The van der Waals surface area contributed by atoms with Gasteiger partial charge in [-0.1, -0.05) is 0 Å². The Kier molecular flexibility index (Phi) is 2.59. The van der Waals surface area contributed by atoms with Crippen molar-refractivity contribution in [1.29, 1.82) is 0 Å². The van der Waals surface area contributed by atoms with Crippen molar-refractivity contribution in [1.82, 2.24) is 0 Å². The predicted octanol–water partition coefficient (Wildman–Crippen LogP) is 1.11. The number of hydrogen-bond acceptors (Lipinski definition) is 1. The third-order valence-electron chi connectivity index (χ3n) is 0.140. The Morgan fingerprint density at radius 1 is 1.67 bits per heavy atom. The fraction of sp³-hybridized carbons (Fsp3) is 1.00. The zero-order valence-corrected chi connectivity index (χ0v) is 4.10. The van der Waals surface area contributed by atoms with Crippen molar-refractivity contribution in [3.8, 4) is 0 Å². The molecule has 5 heteroatoms. The Morgan fingerprint density at radius 3 is 1.83 bits per heavy atom. The molecule has 0 aliphatic rings. The monoisotopic (exact) mass is 134 g/mol. The molecule has 0 radical (unpaired) electrons. The molecule has 0 aromatic heterocycles. The molecule has 6 heavy (non-hydrogen) atoms. The fourth-order valence-corrected chi connectivity index (χ4v) is 0. The van der Waals surface area contributed by atoms with Crippen molar-refractivity contribution in [3.63, 3.8) is 0 Å². The van der Waals surface area contributed by atoms with Crippen LogP contribution in [0.1, 0.15) is 0 Å². The highest BCUT2D eigenvalue weighted by molar-refractivity contribution is 8.08. The van der Waals surface area contributed by atoms with Gasteiger partial charge in [0.15, 0.2) is 10.0 Å². The van der Waals surface area contributed by atoms with E-state index in [9.17, 15) is 13.0 Å². The van der Waals surface area contributed by atoms with Crippen LogP contribution in [-0.2, 0) is 10.0 Å². The predicted molar refractivity (Wildman–Crippen MR) is 20.0 cm³/mol. The average molecular weight is 135 g/mol. The molecule has 0 spiro atoms. The summed E-state index contributed by atoms with van der Waals surface area (Å²) in [7, 11) is 1.86. The summed E-state index contributed by atoms with van der Waals surface area (Å²) in [6.45, 7) is 0. The lowest BCUT2D eigenvalue weighted by Crippen LogP contribution is -1.90. The van der Waals surface area contributed by atoms with Gasteiger partial charge in [0.1, 0.15) is 0 Å². The van der Waals surface area contributed by atoms with Crippen LogP contribution in [0.5, 0.6) is 0 Å². The van der Waals surface area contributed by atoms with E-state index in [1.807, 2.05) is 0 Å². The molecule has 0 aliphatic heterocycles. The molecular weight excluding hydrogens is 134 g/mol. The number of alkyl halides is 2. The van der Waals surface area contributed by atoms with Gasteiger partial charge in [-0.25, -0.2) is 4.21 Å². The van der Waals surface area contributed by atoms with Crippen LogP contribution >= 0.6 is 10.7 Å². The topological polar surface area (TPSA) is 17.1 Å². The summed E-state index contributed by atoms with van der Waals surface area (Å²) in [5.74, 6) is -2.91. The molecule has 0 rings (SSSR count). The van der Waals surface area contributed by atoms with Crippen molar-refractivity contribution >= 4 is 20.7 Å². The second-order valence-electron chi connectivity index (χ2n) is 0.509. The lowest BCUT2D eigenvalue weighted by Gasteiger charge is -1.81. The number of hydrogen-bond donors (Lipinski definition) is 0. The Labute approximate surface area is 40.3 Å². The molecule has 1 unspecified atom stereocenters. The maximum Gasteiger partial charge on any atom is 0.325 e. The molecule has 0 aromatic rings. The smallest absolute Gasteiger partial charge is 0.237 e. The minimum Gasteiger partial charge on any atom is -0.237 e. The molecule has 0 heterocycles. The first-order valence-corrected chi connectivity index (χ1v) is 3.03. The molecule has 0 N–H and O–H groups in total. The Hall–Kier alpha value is 0.300. The summed E-state index contributed by atoms with van der Waals surface area (Å²) in [6, 6.07) is 0. The molecule has 1 atom stereocenters. The fourth-order valence-electron chi connectivity index (χ4n) is 0. The van der Waals surface area contributed by atoms with E-state index in [4.69, 9.17) is 0 Å². The number of rotatable bonds is 1. The van der Waals surface area contributed by atoms with Gasteiger partial charge >= 0.3 is 5.76 Å². The summed E-state index contributed by atoms with van der Waals surface area (Å²) in [5, 5.41) is 0. The van der Waals surface area contributed by atoms with Crippen molar-refractivity contribution in [2.24, 2.45) is 0 Å². The van der Waals surface area contributed by atoms with Crippen LogP contribution in [-0.4, -0.2) is 9.97 Å². The Bertz CT molecular complexity index is 64.6. The molecular formula is CHClF2OS. The van der Waals surface area contributed by atoms with Gasteiger partial charge in [-0.05, 0) is 10.7 Å². The number of halogens is 3. The van der Waals surface area contributed by atoms with Gasteiger partial charge in [-0.3, -0.25) is 0 Å². The second kappa shape index (κ2) is 2.47. The van der Waals surface area contributed by atoms with E-state index in [-0.39, 0.29) is 0 Å². The molecule has 1 nitrogen and oxygen atoms in total. The standard InChI is InChI=1S/CHClF2OS/c2-6(5)1(3)4/h1H. The summed E-state index contributed by atoms with van der Waals surface area (Å²) < 4.78 is 30.7. The summed E-state index contributed by atoms with van der Waals surface area (Å²) in [6.07, 6.45) is 0.